The average molecular weight is 226 g/mol. The molecule has 0 aromatic heterocycles. The highest BCUT2D eigenvalue weighted by Crippen LogP contribution is 2.22. The Hall–Kier alpha value is -1.60. The van der Waals surface area contributed by atoms with Gasteiger partial charge < -0.3 is 5.11 Å². The lowest BCUT2D eigenvalue weighted by atomic mass is 9.93. The molecule has 0 heterocycles. The van der Waals surface area contributed by atoms with Crippen LogP contribution in [0.2, 0.25) is 0 Å². The molecule has 1 nitrogen and oxygen atoms in total. The first kappa shape index (κ1) is 11.9. The van der Waals surface area contributed by atoms with E-state index in [-0.39, 0.29) is 12.5 Å². The van der Waals surface area contributed by atoms with Gasteiger partial charge in [0.25, 0.3) is 0 Å². The maximum absolute atomic E-state index is 9.34. The van der Waals surface area contributed by atoms with E-state index in [0.717, 1.165) is 12.8 Å². The molecule has 88 valence electrons. The molecule has 0 radical (unpaired) electrons. The van der Waals surface area contributed by atoms with Crippen molar-refractivity contribution in [2.24, 2.45) is 5.92 Å². The summed E-state index contributed by atoms with van der Waals surface area (Å²) in [4.78, 5) is 0. The first-order chi connectivity index (χ1) is 8.35. The van der Waals surface area contributed by atoms with Crippen LogP contribution in [0.5, 0.6) is 0 Å². The Balaban J connectivity index is 2.31. The summed E-state index contributed by atoms with van der Waals surface area (Å²) in [5.74, 6) is 0.276. The number of fused-ring (bicyclic) bond motifs is 1. The summed E-state index contributed by atoms with van der Waals surface area (Å²) in [5, 5.41) is 11.9. The summed E-state index contributed by atoms with van der Waals surface area (Å²) >= 11 is 0. The molecule has 0 aliphatic carbocycles. The zero-order valence-electron chi connectivity index (χ0n) is 9.97. The van der Waals surface area contributed by atoms with Crippen LogP contribution in [-0.2, 0) is 6.42 Å². The van der Waals surface area contributed by atoms with Crippen LogP contribution in [0.25, 0.3) is 10.8 Å². The van der Waals surface area contributed by atoms with Gasteiger partial charge in [0.1, 0.15) is 0 Å². The van der Waals surface area contributed by atoms with Crippen LogP contribution in [0.4, 0.5) is 0 Å². The second-order valence-electron chi connectivity index (χ2n) is 4.42. The van der Waals surface area contributed by atoms with E-state index in [1.165, 1.54) is 16.3 Å². The molecule has 2 aromatic carbocycles. The molecule has 0 saturated carbocycles. The number of aliphatic hydroxyl groups is 1. The molecule has 2 aromatic rings. The zero-order chi connectivity index (χ0) is 12.1. The molecular formula is C16H18O. The molecule has 0 amide bonds. The summed E-state index contributed by atoms with van der Waals surface area (Å²) in [5.41, 5.74) is 1.31. The lowest BCUT2D eigenvalue weighted by Crippen LogP contribution is -2.08. The molecule has 0 saturated heterocycles. The zero-order valence-corrected chi connectivity index (χ0v) is 9.97. The van der Waals surface area contributed by atoms with Crippen molar-refractivity contribution in [3.8, 4) is 0 Å². The van der Waals surface area contributed by atoms with Crippen LogP contribution in [-0.4, -0.2) is 11.7 Å². The molecule has 1 heteroatoms. The van der Waals surface area contributed by atoms with E-state index < -0.39 is 0 Å². The highest BCUT2D eigenvalue weighted by molar-refractivity contribution is 5.85. The fourth-order valence-electron chi connectivity index (χ4n) is 2.24. The molecular weight excluding hydrogens is 208 g/mol. The standard InChI is InChI=1S/C16H18O/c1-2-6-13(12-17)11-15-9-5-8-14-7-3-4-10-16(14)15/h2-5,7-10,13,17H,1,6,11-12H2/t13-/m0/s1. The van der Waals surface area contributed by atoms with E-state index >= 15 is 0 Å². The molecule has 0 fully saturated rings. The summed E-state index contributed by atoms with van der Waals surface area (Å²) in [6, 6.07) is 14.7. The summed E-state index contributed by atoms with van der Waals surface area (Å²) in [7, 11) is 0. The lowest BCUT2D eigenvalue weighted by molar-refractivity contribution is 0.227. The van der Waals surface area contributed by atoms with Gasteiger partial charge >= 0.3 is 0 Å². The Morgan fingerprint density at radius 2 is 1.88 bits per heavy atom. The fourth-order valence-corrected chi connectivity index (χ4v) is 2.24. The molecule has 0 unspecified atom stereocenters. The Morgan fingerprint density at radius 3 is 2.65 bits per heavy atom. The second-order valence-corrected chi connectivity index (χ2v) is 4.42. The highest BCUT2D eigenvalue weighted by atomic mass is 16.3. The highest BCUT2D eigenvalue weighted by Gasteiger charge is 2.08. The Bertz CT molecular complexity index is 496. The second kappa shape index (κ2) is 5.65. The first-order valence-electron chi connectivity index (χ1n) is 6.03. The maximum atomic E-state index is 9.34. The number of aliphatic hydroxyl groups excluding tert-OH is 1. The van der Waals surface area contributed by atoms with Crippen molar-refractivity contribution in [1.82, 2.24) is 0 Å². The van der Waals surface area contributed by atoms with Crippen LogP contribution in [0.3, 0.4) is 0 Å². The minimum Gasteiger partial charge on any atom is -0.396 e. The largest absolute Gasteiger partial charge is 0.396 e. The normalized spacial score (nSPS) is 12.5. The number of hydrogen-bond donors (Lipinski definition) is 1. The van der Waals surface area contributed by atoms with Gasteiger partial charge in [-0.15, -0.1) is 6.58 Å². The quantitative estimate of drug-likeness (QED) is 0.773. The van der Waals surface area contributed by atoms with Crippen LogP contribution in [0.1, 0.15) is 12.0 Å². The molecule has 1 atom stereocenters. The van der Waals surface area contributed by atoms with Gasteiger partial charge in [0, 0.05) is 6.61 Å². The molecule has 17 heavy (non-hydrogen) atoms. The summed E-state index contributed by atoms with van der Waals surface area (Å²) in [6.45, 7) is 3.96. The SMILES string of the molecule is C=CC[C@H](CO)Cc1cccc2ccccc12. The molecule has 2 rings (SSSR count). The van der Waals surface area contributed by atoms with Crippen LogP contribution in [0, 0.1) is 5.92 Å². The topological polar surface area (TPSA) is 20.2 Å². The number of rotatable bonds is 5. The van der Waals surface area contributed by atoms with Gasteiger partial charge in [-0.3, -0.25) is 0 Å². The van der Waals surface area contributed by atoms with Crippen molar-refractivity contribution in [2.45, 2.75) is 12.8 Å². The molecule has 0 spiro atoms. The molecule has 1 N–H and O–H groups in total. The van der Waals surface area contributed by atoms with E-state index in [2.05, 4.69) is 49.0 Å². The number of benzene rings is 2. The smallest absolute Gasteiger partial charge is 0.0465 e. The monoisotopic (exact) mass is 226 g/mol. The van der Waals surface area contributed by atoms with Crippen molar-refractivity contribution in [1.29, 1.82) is 0 Å². The molecule has 0 aliphatic heterocycles. The average Bonchev–Trinajstić information content (AvgIpc) is 2.38. The molecule has 0 aliphatic rings. The third-order valence-electron chi connectivity index (χ3n) is 3.15. The van der Waals surface area contributed by atoms with Gasteiger partial charge in [-0.05, 0) is 35.1 Å². The van der Waals surface area contributed by atoms with E-state index in [0.29, 0.717) is 0 Å². The number of hydrogen-bond acceptors (Lipinski definition) is 1. The number of allylic oxidation sites excluding steroid dienone is 1. The van der Waals surface area contributed by atoms with Crippen LogP contribution >= 0.6 is 0 Å². The van der Waals surface area contributed by atoms with Crippen molar-refractivity contribution in [3.05, 3.63) is 60.7 Å². The predicted octanol–water partition coefficient (Wildman–Crippen LogP) is 3.57. The fraction of sp³-hybridized carbons (Fsp3) is 0.250. The predicted molar refractivity (Wildman–Crippen MR) is 73.0 cm³/mol. The van der Waals surface area contributed by atoms with Crippen molar-refractivity contribution in [2.75, 3.05) is 6.61 Å². The lowest BCUT2D eigenvalue weighted by Gasteiger charge is -2.13. The van der Waals surface area contributed by atoms with Gasteiger partial charge in [-0.25, -0.2) is 0 Å². The van der Waals surface area contributed by atoms with E-state index in [1.807, 2.05) is 6.08 Å². The van der Waals surface area contributed by atoms with Crippen LogP contribution in [0.15, 0.2) is 55.1 Å². The van der Waals surface area contributed by atoms with Gasteiger partial charge in [-0.2, -0.15) is 0 Å². The third kappa shape index (κ3) is 2.75. The van der Waals surface area contributed by atoms with Crippen molar-refractivity contribution < 1.29 is 5.11 Å². The summed E-state index contributed by atoms with van der Waals surface area (Å²) in [6.07, 6.45) is 3.65. The minimum atomic E-state index is 0.218. The summed E-state index contributed by atoms with van der Waals surface area (Å²) < 4.78 is 0. The van der Waals surface area contributed by atoms with E-state index in [4.69, 9.17) is 0 Å². The van der Waals surface area contributed by atoms with Gasteiger partial charge in [-0.1, -0.05) is 48.5 Å². The van der Waals surface area contributed by atoms with Gasteiger partial charge in [0.15, 0.2) is 0 Å². The van der Waals surface area contributed by atoms with Crippen LogP contribution < -0.4 is 0 Å². The Labute approximate surface area is 102 Å². The van der Waals surface area contributed by atoms with Crippen molar-refractivity contribution >= 4 is 10.8 Å². The third-order valence-corrected chi connectivity index (χ3v) is 3.15. The molecule has 0 bridgehead atoms. The Morgan fingerprint density at radius 1 is 1.12 bits per heavy atom. The Kier molecular flexibility index (Phi) is 3.94. The minimum absolute atomic E-state index is 0.218. The van der Waals surface area contributed by atoms with E-state index in [1.54, 1.807) is 0 Å². The van der Waals surface area contributed by atoms with Gasteiger partial charge in [0.05, 0.1) is 0 Å². The first-order valence-corrected chi connectivity index (χ1v) is 6.03. The maximum Gasteiger partial charge on any atom is 0.0465 e. The van der Waals surface area contributed by atoms with E-state index in [9.17, 15) is 5.11 Å². The van der Waals surface area contributed by atoms with Gasteiger partial charge in [0.2, 0.25) is 0 Å². The van der Waals surface area contributed by atoms with Crippen molar-refractivity contribution in [3.63, 3.8) is 0 Å².